The molecule has 1 heterocycles. The van der Waals surface area contributed by atoms with Crippen molar-refractivity contribution >= 4 is 34.1 Å². The van der Waals surface area contributed by atoms with E-state index in [2.05, 4.69) is 15.5 Å². The van der Waals surface area contributed by atoms with E-state index in [1.54, 1.807) is 0 Å². The number of hydrogen-bond donors (Lipinski definition) is 1. The van der Waals surface area contributed by atoms with Gasteiger partial charge in [-0.1, -0.05) is 23.1 Å². The van der Waals surface area contributed by atoms with E-state index in [-0.39, 0.29) is 11.2 Å². The molecule has 1 atom stereocenters. The lowest BCUT2D eigenvalue weighted by atomic mass is 10.4. The number of amides is 1. The summed E-state index contributed by atoms with van der Waals surface area (Å²) < 4.78 is 0.832. The number of carbonyl (C=O) groups excluding carboxylic acids is 1. The number of rotatable bonds is 7. The molecule has 0 spiro atoms. The molecule has 5 nitrogen and oxygen atoms in total. The summed E-state index contributed by atoms with van der Waals surface area (Å²) in [5, 5.41) is 11.9. The van der Waals surface area contributed by atoms with Crippen LogP contribution in [0, 0.1) is 0 Å². The SMILES string of the molecule is CCNc1nnc(SC(C)C(=O)N(CC)CC)s1. The summed E-state index contributed by atoms with van der Waals surface area (Å²) in [4.78, 5) is 13.9. The second-order valence-corrected chi connectivity index (χ2v) is 6.24. The first-order valence-corrected chi connectivity index (χ1v) is 7.84. The molecule has 102 valence electrons. The zero-order valence-corrected chi connectivity index (χ0v) is 12.9. The average Bonchev–Trinajstić information content (AvgIpc) is 2.78. The monoisotopic (exact) mass is 288 g/mol. The molecule has 1 unspecified atom stereocenters. The molecule has 0 saturated heterocycles. The highest BCUT2D eigenvalue weighted by Gasteiger charge is 2.20. The quantitative estimate of drug-likeness (QED) is 0.780. The molecule has 1 aromatic heterocycles. The van der Waals surface area contributed by atoms with E-state index < -0.39 is 0 Å². The fourth-order valence-electron chi connectivity index (χ4n) is 1.47. The second kappa shape index (κ2) is 7.58. The van der Waals surface area contributed by atoms with Crippen LogP contribution in [-0.2, 0) is 4.79 Å². The van der Waals surface area contributed by atoms with Crippen molar-refractivity contribution in [1.82, 2.24) is 15.1 Å². The maximum Gasteiger partial charge on any atom is 0.235 e. The van der Waals surface area contributed by atoms with Gasteiger partial charge in [0.05, 0.1) is 5.25 Å². The van der Waals surface area contributed by atoms with Gasteiger partial charge in [0.1, 0.15) is 0 Å². The summed E-state index contributed by atoms with van der Waals surface area (Å²) in [5.41, 5.74) is 0. The Hall–Kier alpha value is -0.820. The standard InChI is InChI=1S/C11H20N4OS2/c1-5-12-10-13-14-11(18-10)17-8(4)9(16)15(6-2)7-3/h8H,5-7H2,1-4H3,(H,12,13). The predicted octanol–water partition coefficient (Wildman–Crippen LogP) is 2.32. The van der Waals surface area contributed by atoms with Gasteiger partial charge in [0.25, 0.3) is 0 Å². The van der Waals surface area contributed by atoms with Gasteiger partial charge >= 0.3 is 0 Å². The molecule has 0 fully saturated rings. The van der Waals surface area contributed by atoms with Crippen LogP contribution in [0.1, 0.15) is 27.7 Å². The maximum absolute atomic E-state index is 12.1. The fraction of sp³-hybridized carbons (Fsp3) is 0.727. The van der Waals surface area contributed by atoms with Gasteiger partial charge in [-0.2, -0.15) is 0 Å². The summed E-state index contributed by atoms with van der Waals surface area (Å²) in [6.07, 6.45) is 0. The summed E-state index contributed by atoms with van der Waals surface area (Å²) in [7, 11) is 0. The van der Waals surface area contributed by atoms with Crippen LogP contribution < -0.4 is 5.32 Å². The van der Waals surface area contributed by atoms with Crippen molar-refractivity contribution < 1.29 is 4.79 Å². The molecule has 1 rings (SSSR count). The van der Waals surface area contributed by atoms with E-state index in [9.17, 15) is 4.79 Å². The minimum atomic E-state index is -0.118. The Morgan fingerprint density at radius 1 is 1.39 bits per heavy atom. The first-order chi connectivity index (χ1) is 8.62. The molecule has 0 aliphatic rings. The second-order valence-electron chi connectivity index (χ2n) is 3.67. The largest absolute Gasteiger partial charge is 0.360 e. The van der Waals surface area contributed by atoms with Crippen LogP contribution in [0.15, 0.2) is 4.34 Å². The Morgan fingerprint density at radius 2 is 2.06 bits per heavy atom. The number of aromatic nitrogens is 2. The smallest absolute Gasteiger partial charge is 0.235 e. The minimum Gasteiger partial charge on any atom is -0.360 e. The van der Waals surface area contributed by atoms with E-state index in [4.69, 9.17) is 0 Å². The summed E-state index contributed by atoms with van der Waals surface area (Å²) in [6, 6.07) is 0. The fourth-order valence-corrected chi connectivity index (χ4v) is 3.52. The van der Waals surface area contributed by atoms with Crippen LogP contribution >= 0.6 is 23.1 Å². The van der Waals surface area contributed by atoms with Gasteiger partial charge < -0.3 is 10.2 Å². The van der Waals surface area contributed by atoms with E-state index in [1.165, 1.54) is 23.1 Å². The first-order valence-electron chi connectivity index (χ1n) is 6.15. The number of thioether (sulfide) groups is 1. The van der Waals surface area contributed by atoms with Gasteiger partial charge in [-0.3, -0.25) is 4.79 Å². The number of nitrogens with zero attached hydrogens (tertiary/aromatic N) is 3. The van der Waals surface area contributed by atoms with Gasteiger partial charge in [-0.15, -0.1) is 10.2 Å². The van der Waals surface area contributed by atoms with Gasteiger partial charge in [0.15, 0.2) is 4.34 Å². The van der Waals surface area contributed by atoms with Crippen molar-refractivity contribution in [2.75, 3.05) is 25.0 Å². The number of hydrogen-bond acceptors (Lipinski definition) is 6. The molecular formula is C11H20N4OS2. The Kier molecular flexibility index (Phi) is 6.42. The van der Waals surface area contributed by atoms with E-state index in [1.807, 2.05) is 32.6 Å². The Bertz CT molecular complexity index is 379. The third kappa shape index (κ3) is 4.13. The average molecular weight is 288 g/mol. The molecule has 0 aromatic carbocycles. The molecule has 0 aliphatic heterocycles. The molecule has 1 N–H and O–H groups in total. The van der Waals surface area contributed by atoms with Crippen molar-refractivity contribution in [3.63, 3.8) is 0 Å². The van der Waals surface area contributed by atoms with Crippen LogP contribution in [0.4, 0.5) is 5.13 Å². The van der Waals surface area contributed by atoms with E-state index in [0.29, 0.717) is 0 Å². The van der Waals surface area contributed by atoms with E-state index in [0.717, 1.165) is 29.1 Å². The summed E-state index contributed by atoms with van der Waals surface area (Å²) in [6.45, 7) is 10.2. The predicted molar refractivity (Wildman–Crippen MR) is 77.3 cm³/mol. The third-order valence-corrected chi connectivity index (χ3v) is 4.49. The normalized spacial score (nSPS) is 12.2. The molecule has 0 saturated carbocycles. The van der Waals surface area contributed by atoms with Gasteiger partial charge in [0.2, 0.25) is 11.0 Å². The van der Waals surface area contributed by atoms with Gasteiger partial charge in [-0.25, -0.2) is 0 Å². The van der Waals surface area contributed by atoms with Crippen LogP contribution in [0.5, 0.6) is 0 Å². The molecule has 1 amide bonds. The van der Waals surface area contributed by atoms with Crippen molar-refractivity contribution in [3.05, 3.63) is 0 Å². The Balaban J connectivity index is 2.57. The third-order valence-electron chi connectivity index (χ3n) is 2.43. The number of anilines is 1. The van der Waals surface area contributed by atoms with Crippen LogP contribution in [-0.4, -0.2) is 45.9 Å². The van der Waals surface area contributed by atoms with Crippen LogP contribution in [0.3, 0.4) is 0 Å². The maximum atomic E-state index is 12.1. The zero-order chi connectivity index (χ0) is 13.5. The topological polar surface area (TPSA) is 58.1 Å². The molecule has 1 aromatic rings. The highest BCUT2D eigenvalue weighted by molar-refractivity contribution is 8.02. The number of carbonyl (C=O) groups is 1. The van der Waals surface area contributed by atoms with Crippen molar-refractivity contribution in [1.29, 1.82) is 0 Å². The van der Waals surface area contributed by atoms with Crippen LogP contribution in [0.25, 0.3) is 0 Å². The lowest BCUT2D eigenvalue weighted by molar-refractivity contribution is -0.129. The number of nitrogens with one attached hydrogen (secondary N) is 1. The molecule has 0 bridgehead atoms. The van der Waals surface area contributed by atoms with Crippen molar-refractivity contribution in [2.45, 2.75) is 37.3 Å². The highest BCUT2D eigenvalue weighted by Crippen LogP contribution is 2.29. The molecule has 0 radical (unpaired) electrons. The van der Waals surface area contributed by atoms with Crippen molar-refractivity contribution in [3.8, 4) is 0 Å². The molecular weight excluding hydrogens is 268 g/mol. The minimum absolute atomic E-state index is 0.118. The van der Waals surface area contributed by atoms with Crippen LogP contribution in [0.2, 0.25) is 0 Å². The lowest BCUT2D eigenvalue weighted by Gasteiger charge is -2.21. The molecule has 18 heavy (non-hydrogen) atoms. The first kappa shape index (κ1) is 15.2. The summed E-state index contributed by atoms with van der Waals surface area (Å²) in [5.74, 6) is 0.158. The van der Waals surface area contributed by atoms with Gasteiger partial charge in [-0.05, 0) is 27.7 Å². The Labute approximate surface area is 116 Å². The summed E-state index contributed by atoms with van der Waals surface area (Å²) >= 11 is 2.96. The molecule has 7 heteroatoms. The van der Waals surface area contributed by atoms with Gasteiger partial charge in [0, 0.05) is 19.6 Å². The van der Waals surface area contributed by atoms with Crippen molar-refractivity contribution in [2.24, 2.45) is 0 Å². The Morgan fingerprint density at radius 3 is 2.61 bits per heavy atom. The zero-order valence-electron chi connectivity index (χ0n) is 11.3. The van der Waals surface area contributed by atoms with E-state index >= 15 is 0 Å². The lowest BCUT2D eigenvalue weighted by Crippen LogP contribution is -2.36. The highest BCUT2D eigenvalue weighted by atomic mass is 32.2. The molecule has 0 aliphatic carbocycles.